The van der Waals surface area contributed by atoms with E-state index in [1.165, 1.54) is 0 Å². The third-order valence-electron chi connectivity index (χ3n) is 5.23. The minimum atomic E-state index is -1.13. The summed E-state index contributed by atoms with van der Waals surface area (Å²) in [6, 6.07) is 0. The summed E-state index contributed by atoms with van der Waals surface area (Å²) in [5.74, 6) is -0.0308. The molecule has 0 aliphatic carbocycles. The van der Waals surface area contributed by atoms with E-state index < -0.39 is 37.1 Å². The normalized spacial score (nSPS) is 26.7. The molecule has 3 N–H and O–H groups in total. The van der Waals surface area contributed by atoms with E-state index in [0.29, 0.717) is 51.2 Å². The van der Waals surface area contributed by atoms with Crippen molar-refractivity contribution >= 4 is 11.8 Å². The van der Waals surface area contributed by atoms with Crippen molar-refractivity contribution in [3.05, 3.63) is 0 Å². The molecule has 176 valence electrons. The monoisotopic (exact) mass is 432 g/mol. The Bertz CT molecular complexity index is 494. The van der Waals surface area contributed by atoms with E-state index in [1.807, 2.05) is 13.8 Å². The molecule has 1 aliphatic rings. The molecule has 1 heterocycles. The van der Waals surface area contributed by atoms with Crippen LogP contribution in [0.2, 0.25) is 0 Å². The SMILES string of the molecule is CC(C)COC(=O)CCCCCC(=O)CCCCO[C@@H]1OC(CO)[C@H](O)[C@H](O)C1C. The van der Waals surface area contributed by atoms with Crippen molar-refractivity contribution in [2.24, 2.45) is 11.8 Å². The standard InChI is InChI=1S/C22H40O8/c1-15(2)14-29-19(25)11-6-4-5-9-17(24)10-7-8-12-28-22-16(3)20(26)21(27)18(13-23)30-22/h15-16,18,20-23,26-27H,4-14H2,1-3H3/t16?,18?,20-,21+,22-/m1/s1. The highest BCUT2D eigenvalue weighted by Gasteiger charge is 2.42. The topological polar surface area (TPSA) is 123 Å². The molecule has 1 saturated heterocycles. The molecule has 0 amide bonds. The number of hydrogen-bond donors (Lipinski definition) is 3. The average Bonchev–Trinajstić information content (AvgIpc) is 2.71. The fourth-order valence-corrected chi connectivity index (χ4v) is 3.26. The summed E-state index contributed by atoms with van der Waals surface area (Å²) in [6.45, 7) is 6.16. The lowest BCUT2D eigenvalue weighted by atomic mass is 9.92. The van der Waals surface area contributed by atoms with Crippen LogP contribution >= 0.6 is 0 Å². The number of unbranched alkanes of at least 4 members (excludes halogenated alkanes) is 3. The summed E-state index contributed by atoms with van der Waals surface area (Å²) < 4.78 is 16.2. The maximum Gasteiger partial charge on any atom is 0.305 e. The Balaban J connectivity index is 2.05. The van der Waals surface area contributed by atoms with Gasteiger partial charge in [-0.05, 0) is 31.6 Å². The molecular formula is C22H40O8. The first-order chi connectivity index (χ1) is 14.3. The summed E-state index contributed by atoms with van der Waals surface area (Å²) in [6.07, 6.45) is 1.46. The van der Waals surface area contributed by atoms with Crippen molar-refractivity contribution in [1.29, 1.82) is 0 Å². The van der Waals surface area contributed by atoms with Gasteiger partial charge in [0.05, 0.1) is 19.3 Å². The van der Waals surface area contributed by atoms with Crippen LogP contribution in [-0.4, -0.2) is 71.5 Å². The van der Waals surface area contributed by atoms with Crippen LogP contribution in [0.4, 0.5) is 0 Å². The van der Waals surface area contributed by atoms with E-state index in [0.717, 1.165) is 19.3 Å². The lowest BCUT2D eigenvalue weighted by Gasteiger charge is -2.40. The molecule has 8 nitrogen and oxygen atoms in total. The second-order valence-corrected chi connectivity index (χ2v) is 8.57. The highest BCUT2D eigenvalue weighted by Crippen LogP contribution is 2.26. The summed E-state index contributed by atoms with van der Waals surface area (Å²) >= 11 is 0. The number of carbonyl (C=O) groups is 2. The van der Waals surface area contributed by atoms with Gasteiger partial charge in [0, 0.05) is 31.8 Å². The summed E-state index contributed by atoms with van der Waals surface area (Å²) in [5, 5.41) is 29.0. The maximum atomic E-state index is 11.9. The molecule has 0 aromatic carbocycles. The number of Topliss-reactive ketones (excluding diaryl/α,β-unsaturated/α-hetero) is 1. The van der Waals surface area contributed by atoms with Crippen LogP contribution in [0.5, 0.6) is 0 Å². The van der Waals surface area contributed by atoms with Crippen LogP contribution in [0, 0.1) is 11.8 Å². The molecule has 0 aromatic heterocycles. The second-order valence-electron chi connectivity index (χ2n) is 8.57. The van der Waals surface area contributed by atoms with Gasteiger partial charge in [-0.15, -0.1) is 0 Å². The third-order valence-corrected chi connectivity index (χ3v) is 5.23. The van der Waals surface area contributed by atoms with Crippen molar-refractivity contribution in [2.75, 3.05) is 19.8 Å². The molecule has 0 radical (unpaired) electrons. The molecule has 1 fully saturated rings. The first-order valence-electron chi connectivity index (χ1n) is 11.2. The van der Waals surface area contributed by atoms with Gasteiger partial charge in [0.1, 0.15) is 18.0 Å². The van der Waals surface area contributed by atoms with Gasteiger partial charge in [-0.25, -0.2) is 0 Å². The van der Waals surface area contributed by atoms with E-state index in [-0.39, 0.29) is 11.8 Å². The van der Waals surface area contributed by atoms with Gasteiger partial charge in [0.2, 0.25) is 0 Å². The van der Waals surface area contributed by atoms with Crippen LogP contribution in [0.15, 0.2) is 0 Å². The van der Waals surface area contributed by atoms with Crippen molar-refractivity contribution in [2.45, 2.75) is 96.7 Å². The van der Waals surface area contributed by atoms with Gasteiger partial charge in [-0.2, -0.15) is 0 Å². The van der Waals surface area contributed by atoms with E-state index in [4.69, 9.17) is 14.2 Å². The van der Waals surface area contributed by atoms with Gasteiger partial charge in [-0.1, -0.05) is 27.2 Å². The number of carbonyl (C=O) groups excluding carboxylic acids is 2. The van der Waals surface area contributed by atoms with Crippen LogP contribution in [0.25, 0.3) is 0 Å². The summed E-state index contributed by atoms with van der Waals surface area (Å²) in [7, 11) is 0. The van der Waals surface area contributed by atoms with Crippen LogP contribution in [-0.2, 0) is 23.8 Å². The molecule has 5 atom stereocenters. The quantitative estimate of drug-likeness (QED) is 0.265. The zero-order valence-electron chi connectivity index (χ0n) is 18.6. The minimum absolute atomic E-state index is 0.168. The molecule has 30 heavy (non-hydrogen) atoms. The third kappa shape index (κ3) is 10.3. The Kier molecular flexibility index (Phi) is 13.4. The molecule has 2 unspecified atom stereocenters. The predicted octanol–water partition coefficient (Wildman–Crippen LogP) is 1.97. The lowest BCUT2D eigenvalue weighted by Crippen LogP contribution is -2.55. The Morgan fingerprint density at radius 3 is 2.23 bits per heavy atom. The maximum absolute atomic E-state index is 11.9. The Labute approximate surface area is 179 Å². The van der Waals surface area contributed by atoms with Crippen LogP contribution in [0.3, 0.4) is 0 Å². The van der Waals surface area contributed by atoms with Gasteiger partial charge in [-0.3, -0.25) is 9.59 Å². The largest absolute Gasteiger partial charge is 0.465 e. The van der Waals surface area contributed by atoms with Gasteiger partial charge in [0.15, 0.2) is 6.29 Å². The smallest absolute Gasteiger partial charge is 0.305 e. The number of rotatable bonds is 15. The predicted molar refractivity (Wildman–Crippen MR) is 111 cm³/mol. The van der Waals surface area contributed by atoms with Crippen molar-refractivity contribution in [3.8, 4) is 0 Å². The Hall–Kier alpha value is -1.06. The summed E-state index contributed by atoms with van der Waals surface area (Å²) in [4.78, 5) is 23.5. The number of aliphatic hydroxyl groups excluding tert-OH is 3. The average molecular weight is 433 g/mol. The Morgan fingerprint density at radius 2 is 1.60 bits per heavy atom. The number of aliphatic hydroxyl groups is 3. The molecular weight excluding hydrogens is 392 g/mol. The number of ether oxygens (including phenoxy) is 3. The number of esters is 1. The van der Waals surface area contributed by atoms with Gasteiger partial charge < -0.3 is 29.5 Å². The minimum Gasteiger partial charge on any atom is -0.465 e. The fourth-order valence-electron chi connectivity index (χ4n) is 3.26. The lowest BCUT2D eigenvalue weighted by molar-refractivity contribution is -0.282. The molecule has 0 aromatic rings. The molecule has 1 rings (SSSR count). The van der Waals surface area contributed by atoms with Crippen LogP contribution in [0.1, 0.15) is 72.1 Å². The van der Waals surface area contributed by atoms with Gasteiger partial charge in [0.25, 0.3) is 0 Å². The number of ketones is 1. The molecule has 0 saturated carbocycles. The Morgan fingerprint density at radius 1 is 0.967 bits per heavy atom. The fraction of sp³-hybridized carbons (Fsp3) is 0.909. The molecule has 0 spiro atoms. The van der Waals surface area contributed by atoms with Crippen molar-refractivity contribution in [3.63, 3.8) is 0 Å². The molecule has 8 heteroatoms. The van der Waals surface area contributed by atoms with E-state index in [1.54, 1.807) is 6.92 Å². The van der Waals surface area contributed by atoms with Crippen LogP contribution < -0.4 is 0 Å². The van der Waals surface area contributed by atoms with Crippen molar-refractivity contribution < 1.29 is 39.1 Å². The number of hydrogen-bond acceptors (Lipinski definition) is 8. The second kappa shape index (κ2) is 14.9. The highest BCUT2D eigenvalue weighted by atomic mass is 16.7. The zero-order valence-corrected chi connectivity index (χ0v) is 18.6. The first kappa shape index (κ1) is 27.0. The zero-order chi connectivity index (χ0) is 22.5. The molecule has 0 bridgehead atoms. The van der Waals surface area contributed by atoms with Gasteiger partial charge >= 0.3 is 5.97 Å². The highest BCUT2D eigenvalue weighted by molar-refractivity contribution is 5.78. The van der Waals surface area contributed by atoms with E-state index in [9.17, 15) is 24.9 Å². The van der Waals surface area contributed by atoms with E-state index in [2.05, 4.69) is 0 Å². The van der Waals surface area contributed by atoms with E-state index >= 15 is 0 Å². The summed E-state index contributed by atoms with van der Waals surface area (Å²) in [5.41, 5.74) is 0. The molecule has 1 aliphatic heterocycles. The van der Waals surface area contributed by atoms with Crippen molar-refractivity contribution in [1.82, 2.24) is 0 Å². The first-order valence-corrected chi connectivity index (χ1v) is 11.2.